The highest BCUT2D eigenvalue weighted by atomic mass is 32.2. The molecule has 2 saturated heterocycles. The number of carbonyl (C=O) groups excluding carboxylic acids is 3. The third kappa shape index (κ3) is 13.7. The van der Waals surface area contributed by atoms with Gasteiger partial charge >= 0.3 is 23.5 Å². The minimum Gasteiger partial charge on any atom is -0.386 e. The first-order valence-electron chi connectivity index (χ1n) is 17.4. The lowest BCUT2D eigenvalue weighted by Gasteiger charge is -2.30. The third-order valence-electron chi connectivity index (χ3n) is 8.88. The molecule has 0 bridgehead atoms. The molecule has 0 spiro atoms. The number of rotatable bonds is 21. The Balaban J connectivity index is 1.21. The summed E-state index contributed by atoms with van der Waals surface area (Å²) < 4.78 is 94.0. The van der Waals surface area contributed by atoms with Gasteiger partial charge in [0.1, 0.15) is 41.6 Å². The van der Waals surface area contributed by atoms with Crippen molar-refractivity contribution in [1.29, 1.82) is 0 Å². The maximum absolute atomic E-state index is 12.7. The smallest absolute Gasteiger partial charge is 0.386 e. The lowest BCUT2D eigenvalue weighted by Crippen LogP contribution is -2.46. The van der Waals surface area contributed by atoms with E-state index in [1.165, 1.54) is 13.8 Å². The van der Waals surface area contributed by atoms with Crippen LogP contribution in [0.5, 0.6) is 0 Å². The van der Waals surface area contributed by atoms with E-state index >= 15 is 0 Å². The summed E-state index contributed by atoms with van der Waals surface area (Å²) in [5, 5.41) is 27.2. The average molecular weight is 959 g/mol. The van der Waals surface area contributed by atoms with Gasteiger partial charge < -0.3 is 50.9 Å². The number of aliphatic hydroxyl groups excluding tert-OH is 2. The van der Waals surface area contributed by atoms with E-state index in [1.807, 2.05) is 0 Å². The van der Waals surface area contributed by atoms with Crippen LogP contribution in [0.1, 0.15) is 39.8 Å². The molecule has 2 amide bonds. The number of phosphoric acid groups is 3. The Bertz CT molecular complexity index is 2140. The molecule has 2 aromatic heterocycles. The second kappa shape index (κ2) is 19.9. The first kappa shape index (κ1) is 50.1. The number of ether oxygens (including phenoxy) is 1. The van der Waals surface area contributed by atoms with Gasteiger partial charge in [-0.25, -0.2) is 28.6 Å². The number of nitrogens with one attached hydrogen (secondary N) is 3. The third-order valence-corrected chi connectivity index (χ3v) is 14.0. The fourth-order valence-electron chi connectivity index (χ4n) is 5.79. The second-order valence-corrected chi connectivity index (χ2v) is 21.0. The van der Waals surface area contributed by atoms with Crippen molar-refractivity contribution in [2.75, 3.05) is 37.8 Å². The predicted molar refractivity (Wildman–Crippen MR) is 203 cm³/mol. The minimum atomic E-state index is -5.60. The lowest BCUT2D eigenvalue weighted by molar-refractivity contribution is -0.137. The summed E-state index contributed by atoms with van der Waals surface area (Å²) in [6, 6.07) is -0.811. The highest BCUT2D eigenvalue weighted by Gasteiger charge is 2.50. The Morgan fingerprint density at radius 2 is 1.77 bits per heavy atom. The van der Waals surface area contributed by atoms with Gasteiger partial charge in [-0.3, -0.25) is 42.4 Å². The Morgan fingerprint density at radius 1 is 1.10 bits per heavy atom. The standard InChI is InChI=1S/C27H45N8O20P3S2/c1-13-8-16(60(48,49)50)34-17(13)26(40)59-7-6-29-15(36)4-5-30-24(39)21(38)27(2,3)10-52-58(46,47)55-57(44,45)51-9-14-20(54-56(41,42)43)19(37)25(53-14)35-12-33-18-22(28)31-11-32-23(18)35/h11-14,16-17,19-21,25,34,37-38H,4-10H2,1-3H3,(H,29,36)(H,30,39)(H,44,45)(H,46,47)(H2,28,31,32)(H2,41,42,43)(H,48,49,50). The summed E-state index contributed by atoms with van der Waals surface area (Å²) >= 11 is 0.845. The highest BCUT2D eigenvalue weighted by Crippen LogP contribution is 2.61. The van der Waals surface area contributed by atoms with E-state index in [0.29, 0.717) is 0 Å². The van der Waals surface area contributed by atoms with E-state index in [1.54, 1.807) is 6.92 Å². The van der Waals surface area contributed by atoms with Crippen LogP contribution in [0.3, 0.4) is 0 Å². The summed E-state index contributed by atoms with van der Waals surface area (Å²) in [7, 11) is -20.9. The number of carbonyl (C=O) groups is 3. The highest BCUT2D eigenvalue weighted by molar-refractivity contribution is 8.13. The molecule has 2 aliphatic heterocycles. The Kier molecular flexibility index (Phi) is 16.6. The first-order chi connectivity index (χ1) is 27.6. The molecule has 2 aliphatic rings. The predicted octanol–water partition coefficient (Wildman–Crippen LogP) is -2.12. The fourth-order valence-corrected chi connectivity index (χ4v) is 10.4. The number of anilines is 1. The monoisotopic (exact) mass is 958 g/mol. The number of nitrogens with two attached hydrogens (primary N) is 1. The molecular formula is C27H45N8O20P3S2. The van der Waals surface area contributed by atoms with Crippen molar-refractivity contribution >= 4 is 79.3 Å². The van der Waals surface area contributed by atoms with Gasteiger partial charge in [-0.1, -0.05) is 32.5 Å². The Hall–Kier alpha value is -2.57. The summed E-state index contributed by atoms with van der Waals surface area (Å²) in [4.78, 5) is 88.2. The number of aliphatic hydroxyl groups is 2. The summed E-state index contributed by atoms with van der Waals surface area (Å²) in [5.74, 6) is -1.86. The quantitative estimate of drug-likeness (QED) is 0.0362. The molecule has 4 rings (SSSR count). The maximum atomic E-state index is 12.7. The van der Waals surface area contributed by atoms with Crippen LogP contribution in [0.4, 0.5) is 5.82 Å². The first-order valence-corrected chi connectivity index (χ1v) is 24.4. The molecule has 10 unspecified atom stereocenters. The molecule has 4 heterocycles. The van der Waals surface area contributed by atoms with Crippen molar-refractivity contribution in [3.05, 3.63) is 12.7 Å². The van der Waals surface area contributed by atoms with Gasteiger partial charge in [0.2, 0.25) is 16.9 Å². The van der Waals surface area contributed by atoms with Crippen molar-refractivity contribution in [1.82, 2.24) is 35.5 Å². The minimum absolute atomic E-state index is 0.0147. The number of fused-ring (bicyclic) bond motifs is 1. The lowest BCUT2D eigenvalue weighted by atomic mass is 9.87. The molecule has 0 aliphatic carbocycles. The molecule has 0 aromatic carbocycles. The average Bonchev–Trinajstić information content (AvgIpc) is 3.82. The van der Waals surface area contributed by atoms with E-state index in [4.69, 9.17) is 19.5 Å². The van der Waals surface area contributed by atoms with Crippen molar-refractivity contribution in [3.63, 3.8) is 0 Å². The number of phosphoric ester groups is 3. The van der Waals surface area contributed by atoms with E-state index < -0.39 is 106 Å². The number of nitrogens with zero attached hydrogens (tertiary/aromatic N) is 4. The zero-order chi connectivity index (χ0) is 45.0. The number of imidazole rings is 1. The molecular weight excluding hydrogens is 913 g/mol. The zero-order valence-electron chi connectivity index (χ0n) is 31.7. The Labute approximate surface area is 344 Å². The molecule has 340 valence electrons. The number of aromatic nitrogens is 4. The number of thioether (sulfide) groups is 1. The van der Waals surface area contributed by atoms with Crippen LogP contribution < -0.4 is 21.7 Å². The van der Waals surface area contributed by atoms with Crippen LogP contribution in [0.2, 0.25) is 0 Å². The number of hydrogen-bond donors (Lipinski definition) is 11. The van der Waals surface area contributed by atoms with Gasteiger partial charge in [0, 0.05) is 30.7 Å². The zero-order valence-corrected chi connectivity index (χ0v) is 36.0. The van der Waals surface area contributed by atoms with Gasteiger partial charge in [0.05, 0.1) is 25.6 Å². The van der Waals surface area contributed by atoms with Gasteiger partial charge in [-0.15, -0.1) is 0 Å². The molecule has 12 N–H and O–H groups in total. The molecule has 28 nitrogen and oxygen atoms in total. The second-order valence-electron chi connectivity index (χ2n) is 14.1. The van der Waals surface area contributed by atoms with Crippen LogP contribution in [-0.4, -0.2) is 147 Å². The largest absolute Gasteiger partial charge is 0.481 e. The SMILES string of the molecule is CC1CC(S(=O)(=O)O)NC1C(=O)SCCNC(=O)CCNC(=O)C(O)C(C)(C)COP(=O)(O)OP(=O)(O)OCC1OC(n2cnc3c(N)ncnc32)C(O)C1OP(=O)(O)O. The summed E-state index contributed by atoms with van der Waals surface area (Å²) in [5.41, 5.74) is 4.18. The molecule has 2 aromatic rings. The number of nitrogen functional groups attached to an aromatic ring is 1. The van der Waals surface area contributed by atoms with Crippen molar-refractivity contribution < 1.29 is 93.5 Å². The molecule has 60 heavy (non-hydrogen) atoms. The van der Waals surface area contributed by atoms with E-state index in [9.17, 15) is 70.8 Å². The number of amides is 2. The van der Waals surface area contributed by atoms with Crippen LogP contribution in [0.25, 0.3) is 11.2 Å². The number of hydrogen-bond acceptors (Lipinski definition) is 21. The van der Waals surface area contributed by atoms with Crippen molar-refractivity contribution in [2.24, 2.45) is 11.3 Å². The molecule has 0 saturated carbocycles. The van der Waals surface area contributed by atoms with Gasteiger partial charge in [-0.2, -0.15) is 12.7 Å². The van der Waals surface area contributed by atoms with E-state index in [-0.39, 0.29) is 59.7 Å². The van der Waals surface area contributed by atoms with Gasteiger partial charge in [-0.05, 0) is 12.3 Å². The topological polar surface area (TPSA) is 430 Å². The molecule has 33 heteroatoms. The maximum Gasteiger partial charge on any atom is 0.481 e. The van der Waals surface area contributed by atoms with Crippen LogP contribution in [0.15, 0.2) is 12.7 Å². The summed E-state index contributed by atoms with van der Waals surface area (Å²) in [6.45, 7) is 1.76. The van der Waals surface area contributed by atoms with Crippen LogP contribution >= 0.6 is 35.2 Å². The molecule has 2 fully saturated rings. The van der Waals surface area contributed by atoms with E-state index in [0.717, 1.165) is 29.0 Å². The summed E-state index contributed by atoms with van der Waals surface area (Å²) in [6.07, 6.45) is -7.13. The van der Waals surface area contributed by atoms with Gasteiger partial charge in [0.15, 0.2) is 17.7 Å². The van der Waals surface area contributed by atoms with Crippen molar-refractivity contribution in [3.8, 4) is 0 Å². The normalized spacial score (nSPS) is 26.3. The van der Waals surface area contributed by atoms with Crippen molar-refractivity contribution in [2.45, 2.75) is 75.7 Å². The molecule has 10 atom stereocenters. The fraction of sp³-hybridized carbons (Fsp3) is 0.704. The Morgan fingerprint density at radius 3 is 2.40 bits per heavy atom. The van der Waals surface area contributed by atoms with Crippen LogP contribution in [0, 0.1) is 11.3 Å². The molecule has 0 radical (unpaired) electrons. The van der Waals surface area contributed by atoms with Crippen LogP contribution in [-0.2, 0) is 60.8 Å². The van der Waals surface area contributed by atoms with E-state index in [2.05, 4.69) is 39.7 Å². The van der Waals surface area contributed by atoms with Gasteiger partial charge in [0.25, 0.3) is 10.1 Å².